The van der Waals surface area contributed by atoms with Crippen LogP contribution >= 0.6 is 0 Å². The molecule has 2 N–H and O–H groups in total. The molecule has 0 aliphatic carbocycles. The van der Waals surface area contributed by atoms with Crippen molar-refractivity contribution in [3.8, 4) is 5.88 Å². The maximum Gasteiger partial charge on any atom is 0.320 e. The number of hydrogen-bond acceptors (Lipinski definition) is 4. The van der Waals surface area contributed by atoms with Crippen LogP contribution in [0.15, 0.2) is 18.3 Å². The summed E-state index contributed by atoms with van der Waals surface area (Å²) in [6.45, 7) is 2.55. The molecule has 0 spiro atoms. The summed E-state index contributed by atoms with van der Waals surface area (Å²) in [5, 5.41) is 12.1. The molecule has 18 heavy (non-hydrogen) atoms. The number of hydrogen-bond donors (Lipinski definition) is 2. The van der Waals surface area contributed by atoms with Gasteiger partial charge in [0.2, 0.25) is 5.88 Å². The molecule has 1 atom stereocenters. The molecule has 0 saturated carbocycles. The highest BCUT2D eigenvalue weighted by Gasteiger charge is 2.15. The van der Waals surface area contributed by atoms with Crippen LogP contribution < -0.4 is 10.1 Å². The maximum atomic E-state index is 11.0. The fourth-order valence-electron chi connectivity index (χ4n) is 1.60. The summed E-state index contributed by atoms with van der Waals surface area (Å²) < 4.78 is 4.96. The van der Waals surface area contributed by atoms with E-state index in [2.05, 4.69) is 10.3 Å². The lowest BCUT2D eigenvalue weighted by molar-refractivity contribution is -0.139. The van der Waals surface area contributed by atoms with Gasteiger partial charge in [-0.25, -0.2) is 4.98 Å². The zero-order valence-electron chi connectivity index (χ0n) is 10.8. The summed E-state index contributed by atoms with van der Waals surface area (Å²) in [6, 6.07) is 3.14. The zero-order chi connectivity index (χ0) is 13.4. The van der Waals surface area contributed by atoms with Crippen molar-refractivity contribution in [2.75, 3.05) is 7.11 Å². The number of unbranched alkanes of at least 4 members (excludes halogenated alkanes) is 1. The van der Waals surface area contributed by atoms with Crippen molar-refractivity contribution in [3.05, 3.63) is 23.9 Å². The summed E-state index contributed by atoms with van der Waals surface area (Å²) in [6.07, 6.45) is 4.24. The lowest BCUT2D eigenvalue weighted by Gasteiger charge is -2.13. The number of carbonyl (C=O) groups is 1. The second kappa shape index (κ2) is 7.66. The molecule has 1 rings (SSSR count). The molecular formula is C13H20N2O3. The number of methoxy groups -OCH3 is 1. The van der Waals surface area contributed by atoms with E-state index in [1.54, 1.807) is 19.4 Å². The van der Waals surface area contributed by atoms with Crippen LogP contribution in [0.4, 0.5) is 0 Å². The molecule has 0 amide bonds. The number of carboxylic acid groups (broad SMARTS) is 1. The Morgan fingerprint density at radius 2 is 2.33 bits per heavy atom. The fraction of sp³-hybridized carbons (Fsp3) is 0.538. The molecule has 0 bridgehead atoms. The van der Waals surface area contributed by atoms with E-state index in [1.165, 1.54) is 0 Å². The fourth-order valence-corrected chi connectivity index (χ4v) is 1.60. The van der Waals surface area contributed by atoms with Crippen LogP contribution in [0.3, 0.4) is 0 Å². The Labute approximate surface area is 107 Å². The van der Waals surface area contributed by atoms with E-state index in [1.807, 2.05) is 13.0 Å². The van der Waals surface area contributed by atoms with Crippen LogP contribution in [0.25, 0.3) is 0 Å². The van der Waals surface area contributed by atoms with E-state index in [4.69, 9.17) is 9.84 Å². The molecule has 5 heteroatoms. The predicted molar refractivity (Wildman–Crippen MR) is 68.6 cm³/mol. The SMILES string of the molecule is CCCCC(NCc1ccc(OC)nc1)C(=O)O. The number of ether oxygens (including phenoxy) is 1. The van der Waals surface area contributed by atoms with Crippen molar-refractivity contribution in [1.29, 1.82) is 0 Å². The second-order valence-electron chi connectivity index (χ2n) is 4.12. The highest BCUT2D eigenvalue weighted by Crippen LogP contribution is 2.07. The summed E-state index contributed by atoms with van der Waals surface area (Å²) in [7, 11) is 1.56. The number of nitrogens with one attached hydrogen (secondary N) is 1. The molecule has 0 aliphatic rings. The minimum atomic E-state index is -0.801. The molecule has 0 fully saturated rings. The Morgan fingerprint density at radius 1 is 1.56 bits per heavy atom. The minimum absolute atomic E-state index is 0.493. The standard InChI is InChI=1S/C13H20N2O3/c1-3-4-5-11(13(16)17)14-8-10-6-7-12(18-2)15-9-10/h6-7,9,11,14H,3-5,8H2,1-2H3,(H,16,17). The van der Waals surface area contributed by atoms with Gasteiger partial charge in [-0.1, -0.05) is 25.8 Å². The number of aromatic nitrogens is 1. The Bertz CT molecular complexity index is 365. The highest BCUT2D eigenvalue weighted by atomic mass is 16.5. The highest BCUT2D eigenvalue weighted by molar-refractivity contribution is 5.73. The first-order valence-corrected chi connectivity index (χ1v) is 6.12. The Balaban J connectivity index is 2.47. The van der Waals surface area contributed by atoms with Crippen molar-refractivity contribution in [1.82, 2.24) is 10.3 Å². The largest absolute Gasteiger partial charge is 0.481 e. The molecule has 0 aromatic carbocycles. The number of carboxylic acids is 1. The molecule has 100 valence electrons. The number of aliphatic carboxylic acids is 1. The van der Waals surface area contributed by atoms with Crippen LogP contribution in [-0.2, 0) is 11.3 Å². The molecule has 0 radical (unpaired) electrons. The van der Waals surface area contributed by atoms with E-state index in [0.29, 0.717) is 18.8 Å². The van der Waals surface area contributed by atoms with Gasteiger partial charge in [0.1, 0.15) is 6.04 Å². The lowest BCUT2D eigenvalue weighted by atomic mass is 10.1. The first kappa shape index (κ1) is 14.4. The quantitative estimate of drug-likeness (QED) is 0.738. The Morgan fingerprint density at radius 3 is 2.83 bits per heavy atom. The van der Waals surface area contributed by atoms with Crippen LogP contribution in [-0.4, -0.2) is 29.2 Å². The average Bonchev–Trinajstić information content (AvgIpc) is 2.39. The van der Waals surface area contributed by atoms with E-state index in [-0.39, 0.29) is 0 Å². The van der Waals surface area contributed by atoms with Crippen molar-refractivity contribution in [2.24, 2.45) is 0 Å². The van der Waals surface area contributed by atoms with E-state index >= 15 is 0 Å². The molecule has 1 heterocycles. The first-order valence-electron chi connectivity index (χ1n) is 6.12. The van der Waals surface area contributed by atoms with Gasteiger partial charge in [-0.15, -0.1) is 0 Å². The second-order valence-corrected chi connectivity index (χ2v) is 4.12. The van der Waals surface area contributed by atoms with Gasteiger partial charge in [-0.2, -0.15) is 0 Å². The van der Waals surface area contributed by atoms with Gasteiger partial charge in [0, 0.05) is 18.8 Å². The molecule has 5 nitrogen and oxygen atoms in total. The third-order valence-corrected chi connectivity index (χ3v) is 2.70. The minimum Gasteiger partial charge on any atom is -0.481 e. The van der Waals surface area contributed by atoms with Crippen LogP contribution in [0.1, 0.15) is 31.7 Å². The van der Waals surface area contributed by atoms with Crippen LogP contribution in [0.5, 0.6) is 5.88 Å². The first-order chi connectivity index (χ1) is 8.67. The third kappa shape index (κ3) is 4.71. The third-order valence-electron chi connectivity index (χ3n) is 2.70. The van der Waals surface area contributed by atoms with Gasteiger partial charge in [-0.3, -0.25) is 4.79 Å². The molecule has 0 saturated heterocycles. The topological polar surface area (TPSA) is 71.5 Å². The van der Waals surface area contributed by atoms with E-state index < -0.39 is 12.0 Å². The molecular weight excluding hydrogens is 232 g/mol. The Kier molecular flexibility index (Phi) is 6.14. The monoisotopic (exact) mass is 252 g/mol. The number of pyridine rings is 1. The lowest BCUT2D eigenvalue weighted by Crippen LogP contribution is -2.36. The molecule has 0 aliphatic heterocycles. The summed E-state index contributed by atoms with van der Waals surface area (Å²) >= 11 is 0. The Hall–Kier alpha value is -1.62. The van der Waals surface area contributed by atoms with E-state index in [9.17, 15) is 4.79 Å². The van der Waals surface area contributed by atoms with Crippen LogP contribution in [0, 0.1) is 0 Å². The van der Waals surface area contributed by atoms with Crippen molar-refractivity contribution in [2.45, 2.75) is 38.8 Å². The predicted octanol–water partition coefficient (Wildman–Crippen LogP) is 1.82. The number of rotatable bonds is 8. The summed E-state index contributed by atoms with van der Waals surface area (Å²) in [5.74, 6) is -0.246. The average molecular weight is 252 g/mol. The summed E-state index contributed by atoms with van der Waals surface area (Å²) in [5.41, 5.74) is 0.943. The van der Waals surface area contributed by atoms with Crippen molar-refractivity contribution in [3.63, 3.8) is 0 Å². The van der Waals surface area contributed by atoms with E-state index in [0.717, 1.165) is 18.4 Å². The van der Waals surface area contributed by atoms with Crippen molar-refractivity contribution >= 4 is 5.97 Å². The van der Waals surface area contributed by atoms with Gasteiger partial charge >= 0.3 is 5.97 Å². The van der Waals surface area contributed by atoms with Gasteiger partial charge in [0.15, 0.2) is 0 Å². The van der Waals surface area contributed by atoms with Crippen molar-refractivity contribution < 1.29 is 14.6 Å². The van der Waals surface area contributed by atoms with Gasteiger partial charge in [0.05, 0.1) is 7.11 Å². The van der Waals surface area contributed by atoms with Crippen LogP contribution in [0.2, 0.25) is 0 Å². The molecule has 1 aromatic heterocycles. The smallest absolute Gasteiger partial charge is 0.320 e. The van der Waals surface area contributed by atoms with Gasteiger partial charge < -0.3 is 15.2 Å². The number of nitrogens with zero attached hydrogens (tertiary/aromatic N) is 1. The molecule has 1 unspecified atom stereocenters. The summed E-state index contributed by atoms with van der Waals surface area (Å²) in [4.78, 5) is 15.1. The normalized spacial score (nSPS) is 12.1. The van der Waals surface area contributed by atoms with Gasteiger partial charge in [-0.05, 0) is 12.0 Å². The van der Waals surface area contributed by atoms with Gasteiger partial charge in [0.25, 0.3) is 0 Å². The molecule has 1 aromatic rings. The maximum absolute atomic E-state index is 11.0. The zero-order valence-corrected chi connectivity index (χ0v) is 10.8.